The Hall–Kier alpha value is -7.84. The van der Waals surface area contributed by atoms with E-state index in [1.54, 1.807) is 0 Å². The first-order valence-electron chi connectivity index (χ1n) is 18.2. The summed E-state index contributed by atoms with van der Waals surface area (Å²) in [6, 6.07) is 64.3. The van der Waals surface area contributed by atoms with E-state index in [-0.39, 0.29) is 0 Å². The fourth-order valence-electron chi connectivity index (χ4n) is 5.92. The van der Waals surface area contributed by atoms with Crippen molar-refractivity contribution in [2.24, 2.45) is 0 Å². The summed E-state index contributed by atoms with van der Waals surface area (Å²) in [5.41, 5.74) is 38.8. The van der Waals surface area contributed by atoms with Crippen molar-refractivity contribution in [3.05, 3.63) is 194 Å². The van der Waals surface area contributed by atoms with Gasteiger partial charge in [0.25, 0.3) is 0 Å². The van der Waals surface area contributed by atoms with Crippen LogP contribution in [0.25, 0.3) is 22.3 Å². The van der Waals surface area contributed by atoms with Crippen molar-refractivity contribution in [2.75, 3.05) is 44.2 Å². The molecule has 12 N–H and O–H groups in total. The maximum absolute atomic E-state index is 5.73. The molecule has 8 rings (SSSR count). The Balaban J connectivity index is 0.000000172. The fraction of sp³-hybridized carbons (Fsp3) is 0. The van der Waals surface area contributed by atoms with E-state index in [0.717, 1.165) is 68.2 Å². The second kappa shape index (κ2) is 17.3. The lowest BCUT2D eigenvalue weighted by Gasteiger charge is -2.10. The summed E-state index contributed by atoms with van der Waals surface area (Å²) in [5, 5.41) is 13.5. The number of nitrogens with two attached hydrogens (primary N) is 4. The van der Waals surface area contributed by atoms with Gasteiger partial charge in [0.05, 0.1) is 0 Å². The average molecular weight is 733 g/mol. The Morgan fingerprint density at radius 1 is 0.179 bits per heavy atom. The third-order valence-corrected chi connectivity index (χ3v) is 9.00. The van der Waals surface area contributed by atoms with E-state index in [9.17, 15) is 0 Å². The number of hydrogen-bond acceptors (Lipinski definition) is 8. The fourth-order valence-corrected chi connectivity index (χ4v) is 5.92. The summed E-state index contributed by atoms with van der Waals surface area (Å²) in [5.74, 6) is 0. The third-order valence-electron chi connectivity index (χ3n) is 9.00. The summed E-state index contributed by atoms with van der Waals surface area (Å²) in [4.78, 5) is 0. The molecule has 0 bridgehead atoms. The highest BCUT2D eigenvalue weighted by Crippen LogP contribution is 2.28. The maximum Gasteiger partial charge on any atom is 0.0385 e. The molecule has 276 valence electrons. The average Bonchev–Trinajstić information content (AvgIpc) is 3.23. The first-order chi connectivity index (χ1) is 27.3. The van der Waals surface area contributed by atoms with Crippen molar-refractivity contribution in [2.45, 2.75) is 0 Å². The van der Waals surface area contributed by atoms with Crippen molar-refractivity contribution in [3.8, 4) is 22.3 Å². The molecule has 0 spiro atoms. The molecule has 56 heavy (non-hydrogen) atoms. The van der Waals surface area contributed by atoms with Crippen LogP contribution in [-0.4, -0.2) is 0 Å². The van der Waals surface area contributed by atoms with Gasteiger partial charge < -0.3 is 44.2 Å². The van der Waals surface area contributed by atoms with Gasteiger partial charge in [-0.05, 0) is 168 Å². The predicted molar refractivity (Wildman–Crippen MR) is 240 cm³/mol. The van der Waals surface area contributed by atoms with Crippen LogP contribution in [0.4, 0.5) is 68.2 Å². The van der Waals surface area contributed by atoms with Gasteiger partial charge in [0.1, 0.15) is 0 Å². The van der Waals surface area contributed by atoms with E-state index >= 15 is 0 Å². The molecule has 0 saturated carbocycles. The minimum absolute atomic E-state index is 0.759. The van der Waals surface area contributed by atoms with E-state index in [1.807, 2.05) is 97.1 Å². The molecular weight excluding hydrogens is 689 g/mol. The Morgan fingerprint density at radius 2 is 0.304 bits per heavy atom. The van der Waals surface area contributed by atoms with Gasteiger partial charge in [-0.15, -0.1) is 0 Å². The normalized spacial score (nSPS) is 10.4. The van der Waals surface area contributed by atoms with Gasteiger partial charge in [-0.25, -0.2) is 0 Å². The van der Waals surface area contributed by atoms with Gasteiger partial charge in [-0.2, -0.15) is 0 Å². The molecule has 8 nitrogen and oxygen atoms in total. The van der Waals surface area contributed by atoms with Crippen molar-refractivity contribution < 1.29 is 0 Å². The molecule has 0 radical (unpaired) electrons. The highest BCUT2D eigenvalue weighted by Gasteiger charge is 2.03. The quantitative estimate of drug-likeness (QED) is 0.0647. The third kappa shape index (κ3) is 10.2. The molecule has 0 aromatic heterocycles. The van der Waals surface area contributed by atoms with Crippen molar-refractivity contribution in [1.82, 2.24) is 0 Å². The molecule has 0 aliphatic heterocycles. The zero-order chi connectivity index (χ0) is 38.7. The molecule has 8 aromatic carbocycles. The predicted octanol–water partition coefficient (Wildman–Crippen LogP) is 12.0. The molecule has 0 unspecified atom stereocenters. The van der Waals surface area contributed by atoms with Crippen molar-refractivity contribution in [1.29, 1.82) is 0 Å². The first-order valence-corrected chi connectivity index (χ1v) is 18.2. The SMILES string of the molecule is Nc1ccc(Nc2ccc(-c3ccc(Nc4ccc(N)cc4)cc3)cc2)cc1.Nc1ccc(Nc2ccc(-c3ccc(Nc4ccc(N)cc4)cc3)cc2)cc1. The molecule has 8 heteroatoms. The lowest BCUT2D eigenvalue weighted by molar-refractivity contribution is 1.52. The van der Waals surface area contributed by atoms with E-state index < -0.39 is 0 Å². The van der Waals surface area contributed by atoms with Gasteiger partial charge in [-0.1, -0.05) is 48.5 Å². The summed E-state index contributed by atoms with van der Waals surface area (Å²) in [6.07, 6.45) is 0. The first kappa shape index (κ1) is 36.5. The van der Waals surface area contributed by atoms with Crippen LogP contribution in [0.2, 0.25) is 0 Å². The van der Waals surface area contributed by atoms with E-state index in [1.165, 1.54) is 22.3 Å². The molecule has 0 fully saturated rings. The minimum Gasteiger partial charge on any atom is -0.399 e. The summed E-state index contributed by atoms with van der Waals surface area (Å²) < 4.78 is 0. The van der Waals surface area contributed by atoms with E-state index in [2.05, 4.69) is 118 Å². The highest BCUT2D eigenvalue weighted by molar-refractivity contribution is 5.73. The number of hydrogen-bond donors (Lipinski definition) is 8. The van der Waals surface area contributed by atoms with Crippen LogP contribution in [0.15, 0.2) is 194 Å². The molecule has 0 saturated heterocycles. The highest BCUT2D eigenvalue weighted by atomic mass is 14.9. The lowest BCUT2D eigenvalue weighted by atomic mass is 10.0. The van der Waals surface area contributed by atoms with Crippen LogP contribution in [0.5, 0.6) is 0 Å². The second-order valence-corrected chi connectivity index (χ2v) is 13.3. The zero-order valence-corrected chi connectivity index (χ0v) is 30.8. The summed E-state index contributed by atoms with van der Waals surface area (Å²) >= 11 is 0. The lowest BCUT2D eigenvalue weighted by Crippen LogP contribution is -1.92. The Kier molecular flexibility index (Phi) is 11.3. The number of rotatable bonds is 10. The Labute approximate surface area is 327 Å². The number of nitrogens with one attached hydrogen (secondary N) is 4. The van der Waals surface area contributed by atoms with E-state index in [0.29, 0.717) is 0 Å². The number of nitrogen functional groups attached to an aromatic ring is 4. The Morgan fingerprint density at radius 3 is 0.446 bits per heavy atom. The smallest absolute Gasteiger partial charge is 0.0385 e. The maximum atomic E-state index is 5.73. The van der Waals surface area contributed by atoms with E-state index in [4.69, 9.17) is 22.9 Å². The topological polar surface area (TPSA) is 152 Å². The second-order valence-electron chi connectivity index (χ2n) is 13.3. The van der Waals surface area contributed by atoms with Crippen LogP contribution in [0.3, 0.4) is 0 Å². The van der Waals surface area contributed by atoms with Crippen LogP contribution >= 0.6 is 0 Å². The zero-order valence-electron chi connectivity index (χ0n) is 30.8. The summed E-state index contributed by atoms with van der Waals surface area (Å²) in [6.45, 7) is 0. The molecule has 0 aliphatic carbocycles. The van der Waals surface area contributed by atoms with Gasteiger partial charge in [0.15, 0.2) is 0 Å². The molecule has 0 atom stereocenters. The van der Waals surface area contributed by atoms with Gasteiger partial charge in [0.2, 0.25) is 0 Å². The van der Waals surface area contributed by atoms with Crippen molar-refractivity contribution in [3.63, 3.8) is 0 Å². The number of benzene rings is 8. The largest absolute Gasteiger partial charge is 0.399 e. The minimum atomic E-state index is 0.759. The van der Waals surface area contributed by atoms with Crippen LogP contribution in [-0.2, 0) is 0 Å². The van der Waals surface area contributed by atoms with Crippen LogP contribution in [0.1, 0.15) is 0 Å². The summed E-state index contributed by atoms with van der Waals surface area (Å²) in [7, 11) is 0. The van der Waals surface area contributed by atoms with Gasteiger partial charge in [-0.3, -0.25) is 0 Å². The molecule has 0 heterocycles. The molecule has 8 aromatic rings. The van der Waals surface area contributed by atoms with Gasteiger partial charge >= 0.3 is 0 Å². The van der Waals surface area contributed by atoms with Crippen LogP contribution < -0.4 is 44.2 Å². The number of anilines is 12. The van der Waals surface area contributed by atoms with Gasteiger partial charge in [0, 0.05) is 68.2 Å². The molecule has 0 amide bonds. The monoisotopic (exact) mass is 732 g/mol. The van der Waals surface area contributed by atoms with Crippen LogP contribution in [0, 0.1) is 0 Å². The standard InChI is InChI=1S/2C24H22N4/c2*25-19-5-13-23(14-6-19)27-21-9-1-17(2-10-21)18-3-11-22(12-4-18)28-24-15-7-20(26)8-16-24/h2*1-16,27-28H,25-26H2. The molecular formula is C48H44N8. The van der Waals surface area contributed by atoms with Crippen molar-refractivity contribution >= 4 is 68.2 Å². The molecule has 0 aliphatic rings. The Bertz CT molecular complexity index is 2070.